The fraction of sp³-hybridized carbons (Fsp3) is 0.684. The van der Waals surface area contributed by atoms with Gasteiger partial charge in [-0.05, 0) is 57.2 Å². The first-order valence-corrected chi connectivity index (χ1v) is 8.25. The zero-order valence-corrected chi connectivity index (χ0v) is 14.9. The molecule has 0 spiro atoms. The number of piperazine rings is 1. The Hall–Kier alpha value is -0.860. The average Bonchev–Trinajstić information content (AvgIpc) is 2.32. The fourth-order valence-corrected chi connectivity index (χ4v) is 3.68. The minimum Gasteiger partial charge on any atom is -0.309 e. The third-order valence-electron chi connectivity index (χ3n) is 4.83. The molecule has 1 aliphatic heterocycles. The van der Waals surface area contributed by atoms with E-state index in [9.17, 15) is 0 Å². The summed E-state index contributed by atoms with van der Waals surface area (Å²) in [5, 5.41) is 3.70. The molecule has 2 heteroatoms. The number of benzene rings is 1. The Morgan fingerprint density at radius 3 is 2.29 bits per heavy atom. The predicted octanol–water partition coefficient (Wildman–Crippen LogP) is 3.82. The summed E-state index contributed by atoms with van der Waals surface area (Å²) < 4.78 is 0. The first kappa shape index (κ1) is 16.5. The predicted molar refractivity (Wildman–Crippen MR) is 91.8 cm³/mol. The Kier molecular flexibility index (Phi) is 4.79. The monoisotopic (exact) mass is 288 g/mol. The standard InChI is InChI=1S/C19H32N2/c1-13(2)18-10-20-19(6,7)12-21(18)11-17-15(4)8-14(3)9-16(17)5/h8-9,13,18,20H,10-12H2,1-7H3. The third kappa shape index (κ3) is 3.87. The largest absolute Gasteiger partial charge is 0.309 e. The molecule has 1 N–H and O–H groups in total. The zero-order valence-electron chi connectivity index (χ0n) is 14.9. The topological polar surface area (TPSA) is 15.3 Å². The van der Waals surface area contributed by atoms with Gasteiger partial charge in [0.2, 0.25) is 0 Å². The number of aryl methyl sites for hydroxylation is 3. The molecule has 118 valence electrons. The molecule has 2 nitrogen and oxygen atoms in total. The number of rotatable bonds is 3. The molecule has 1 aromatic carbocycles. The highest BCUT2D eigenvalue weighted by Gasteiger charge is 2.34. The van der Waals surface area contributed by atoms with Crippen LogP contribution in [0.4, 0.5) is 0 Å². The Morgan fingerprint density at radius 1 is 1.19 bits per heavy atom. The minimum absolute atomic E-state index is 0.206. The second-order valence-electron chi connectivity index (χ2n) is 7.86. The second-order valence-corrected chi connectivity index (χ2v) is 7.86. The van der Waals surface area contributed by atoms with Crippen LogP contribution in [-0.2, 0) is 6.54 Å². The summed E-state index contributed by atoms with van der Waals surface area (Å²) in [7, 11) is 0. The highest BCUT2D eigenvalue weighted by molar-refractivity contribution is 5.37. The molecule has 0 saturated carbocycles. The van der Waals surface area contributed by atoms with Gasteiger partial charge in [0, 0.05) is 31.2 Å². The van der Waals surface area contributed by atoms with E-state index in [0.29, 0.717) is 12.0 Å². The van der Waals surface area contributed by atoms with Gasteiger partial charge >= 0.3 is 0 Å². The van der Waals surface area contributed by atoms with E-state index in [4.69, 9.17) is 0 Å². The van der Waals surface area contributed by atoms with Gasteiger partial charge in [-0.25, -0.2) is 0 Å². The molecule has 0 aromatic heterocycles. The van der Waals surface area contributed by atoms with Crippen LogP contribution in [0.15, 0.2) is 12.1 Å². The van der Waals surface area contributed by atoms with Crippen LogP contribution in [0, 0.1) is 26.7 Å². The molecule has 1 aromatic rings. The smallest absolute Gasteiger partial charge is 0.0253 e. The van der Waals surface area contributed by atoms with Gasteiger partial charge in [0.05, 0.1) is 0 Å². The summed E-state index contributed by atoms with van der Waals surface area (Å²) in [5.41, 5.74) is 5.97. The number of hydrogen-bond acceptors (Lipinski definition) is 2. The molecule has 1 saturated heterocycles. The molecule has 0 aliphatic carbocycles. The van der Waals surface area contributed by atoms with Crippen molar-refractivity contribution in [3.05, 3.63) is 34.4 Å². The number of nitrogens with one attached hydrogen (secondary N) is 1. The molecule has 0 bridgehead atoms. The van der Waals surface area contributed by atoms with Crippen LogP contribution >= 0.6 is 0 Å². The first-order valence-electron chi connectivity index (χ1n) is 8.25. The van der Waals surface area contributed by atoms with Gasteiger partial charge < -0.3 is 5.32 Å². The molecule has 1 aliphatic rings. The van der Waals surface area contributed by atoms with Crippen molar-refractivity contribution in [1.82, 2.24) is 10.2 Å². The molecule has 1 unspecified atom stereocenters. The van der Waals surface area contributed by atoms with Gasteiger partial charge in [-0.2, -0.15) is 0 Å². The summed E-state index contributed by atoms with van der Waals surface area (Å²) >= 11 is 0. The van der Waals surface area contributed by atoms with Crippen molar-refractivity contribution in [1.29, 1.82) is 0 Å². The van der Waals surface area contributed by atoms with E-state index < -0.39 is 0 Å². The SMILES string of the molecule is Cc1cc(C)c(CN2CC(C)(C)NCC2C(C)C)c(C)c1. The Bertz CT molecular complexity index is 479. The quantitative estimate of drug-likeness (QED) is 0.909. The summed E-state index contributed by atoms with van der Waals surface area (Å²) in [6, 6.07) is 5.26. The molecular formula is C19H32N2. The van der Waals surface area contributed by atoms with Crippen molar-refractivity contribution in [2.45, 2.75) is 66.6 Å². The minimum atomic E-state index is 0.206. The third-order valence-corrected chi connectivity index (χ3v) is 4.83. The van der Waals surface area contributed by atoms with Crippen molar-refractivity contribution in [3.8, 4) is 0 Å². The number of nitrogens with zero attached hydrogens (tertiary/aromatic N) is 1. The van der Waals surface area contributed by atoms with Gasteiger partial charge in [0.15, 0.2) is 0 Å². The normalized spacial score (nSPS) is 22.8. The summed E-state index contributed by atoms with van der Waals surface area (Å²) in [4.78, 5) is 2.69. The van der Waals surface area contributed by atoms with Crippen LogP contribution in [0.3, 0.4) is 0 Å². The van der Waals surface area contributed by atoms with Crippen LogP contribution in [0.25, 0.3) is 0 Å². The first-order chi connectivity index (χ1) is 9.69. The molecule has 2 rings (SSSR count). The van der Waals surface area contributed by atoms with Crippen LogP contribution in [0.5, 0.6) is 0 Å². The molecule has 0 radical (unpaired) electrons. The van der Waals surface area contributed by atoms with Crippen molar-refractivity contribution in [2.24, 2.45) is 5.92 Å². The Morgan fingerprint density at radius 2 is 1.76 bits per heavy atom. The van der Waals surface area contributed by atoms with Gasteiger partial charge in [-0.1, -0.05) is 31.5 Å². The van der Waals surface area contributed by atoms with Gasteiger partial charge in [0.25, 0.3) is 0 Å². The molecule has 1 fully saturated rings. The lowest BCUT2D eigenvalue weighted by Gasteiger charge is -2.46. The van der Waals surface area contributed by atoms with Crippen molar-refractivity contribution < 1.29 is 0 Å². The van der Waals surface area contributed by atoms with Crippen LogP contribution in [0.1, 0.15) is 49.9 Å². The Labute approximate surface area is 130 Å². The summed E-state index contributed by atoms with van der Waals surface area (Å²) in [6.45, 7) is 19.3. The van der Waals surface area contributed by atoms with Gasteiger partial charge in [0.1, 0.15) is 0 Å². The van der Waals surface area contributed by atoms with Crippen LogP contribution < -0.4 is 5.32 Å². The lowest BCUT2D eigenvalue weighted by atomic mass is 9.91. The second kappa shape index (κ2) is 6.10. The highest BCUT2D eigenvalue weighted by Crippen LogP contribution is 2.25. The Balaban J connectivity index is 2.26. The number of hydrogen-bond donors (Lipinski definition) is 1. The van der Waals surface area contributed by atoms with Crippen molar-refractivity contribution in [3.63, 3.8) is 0 Å². The van der Waals surface area contributed by atoms with Gasteiger partial charge in [-0.3, -0.25) is 4.90 Å². The molecule has 21 heavy (non-hydrogen) atoms. The van der Waals surface area contributed by atoms with E-state index in [0.717, 1.165) is 19.6 Å². The van der Waals surface area contributed by atoms with Crippen LogP contribution in [-0.4, -0.2) is 29.6 Å². The molecular weight excluding hydrogens is 256 g/mol. The fourth-order valence-electron chi connectivity index (χ4n) is 3.68. The maximum atomic E-state index is 3.70. The van der Waals surface area contributed by atoms with E-state index in [1.54, 1.807) is 0 Å². The van der Waals surface area contributed by atoms with E-state index in [1.165, 1.54) is 22.3 Å². The van der Waals surface area contributed by atoms with Crippen molar-refractivity contribution >= 4 is 0 Å². The lowest BCUT2D eigenvalue weighted by molar-refractivity contribution is 0.0624. The lowest BCUT2D eigenvalue weighted by Crippen LogP contribution is -2.62. The summed E-state index contributed by atoms with van der Waals surface area (Å²) in [6.07, 6.45) is 0. The van der Waals surface area contributed by atoms with E-state index in [-0.39, 0.29) is 5.54 Å². The average molecular weight is 288 g/mol. The highest BCUT2D eigenvalue weighted by atomic mass is 15.2. The maximum absolute atomic E-state index is 3.70. The maximum Gasteiger partial charge on any atom is 0.0253 e. The van der Waals surface area contributed by atoms with E-state index in [1.807, 2.05) is 0 Å². The zero-order chi connectivity index (χ0) is 15.8. The molecule has 0 amide bonds. The summed E-state index contributed by atoms with van der Waals surface area (Å²) in [5.74, 6) is 0.680. The van der Waals surface area contributed by atoms with Crippen LogP contribution in [0.2, 0.25) is 0 Å². The van der Waals surface area contributed by atoms with Crippen molar-refractivity contribution in [2.75, 3.05) is 13.1 Å². The molecule has 1 heterocycles. The van der Waals surface area contributed by atoms with E-state index in [2.05, 4.69) is 70.8 Å². The van der Waals surface area contributed by atoms with E-state index >= 15 is 0 Å². The molecule has 1 atom stereocenters. The van der Waals surface area contributed by atoms with Gasteiger partial charge in [-0.15, -0.1) is 0 Å².